The number of halogens is 1. The zero-order valence-electron chi connectivity index (χ0n) is 9.26. The smallest absolute Gasteiger partial charge is 0.0584 e. The molecule has 0 aliphatic heterocycles. The van der Waals surface area contributed by atoms with E-state index >= 15 is 0 Å². The van der Waals surface area contributed by atoms with Gasteiger partial charge in [-0.15, -0.1) is 0 Å². The summed E-state index contributed by atoms with van der Waals surface area (Å²) in [4.78, 5) is 0. The van der Waals surface area contributed by atoms with E-state index in [1.54, 1.807) is 0 Å². The number of rotatable bonds is 5. The summed E-state index contributed by atoms with van der Waals surface area (Å²) in [6, 6.07) is 6.52. The van der Waals surface area contributed by atoms with Gasteiger partial charge in [-0.2, -0.15) is 0 Å². The third kappa shape index (κ3) is 3.93. The highest BCUT2D eigenvalue weighted by Crippen LogP contribution is 2.17. The van der Waals surface area contributed by atoms with Gasteiger partial charge in [-0.25, -0.2) is 0 Å². The van der Waals surface area contributed by atoms with Gasteiger partial charge in [0.15, 0.2) is 0 Å². The third-order valence-corrected chi connectivity index (χ3v) is 3.40. The maximum absolute atomic E-state index is 9.03. The Hall–Kier alpha value is -0.380. The van der Waals surface area contributed by atoms with Crippen molar-refractivity contribution in [3.63, 3.8) is 0 Å². The molecule has 3 heteroatoms. The second kappa shape index (κ2) is 6.26. The fourth-order valence-electron chi connectivity index (χ4n) is 1.35. The van der Waals surface area contributed by atoms with Crippen molar-refractivity contribution in [2.45, 2.75) is 32.9 Å². The molecule has 0 unspecified atom stereocenters. The van der Waals surface area contributed by atoms with Crippen molar-refractivity contribution in [1.82, 2.24) is 5.32 Å². The molecule has 0 fully saturated rings. The highest BCUT2D eigenvalue weighted by Gasteiger charge is 2.03. The van der Waals surface area contributed by atoms with Crippen molar-refractivity contribution in [1.29, 1.82) is 0 Å². The summed E-state index contributed by atoms with van der Waals surface area (Å²) in [5.41, 5.74) is 2.48. The number of aryl methyl sites for hydroxylation is 1. The van der Waals surface area contributed by atoms with Crippen molar-refractivity contribution in [2.75, 3.05) is 6.61 Å². The van der Waals surface area contributed by atoms with Crippen LogP contribution in [0.1, 0.15) is 24.5 Å². The molecule has 1 rings (SSSR count). The highest BCUT2D eigenvalue weighted by molar-refractivity contribution is 9.10. The maximum Gasteiger partial charge on any atom is 0.0584 e. The molecule has 1 aromatic rings. The number of aliphatic hydroxyl groups is 1. The lowest BCUT2D eigenvalue weighted by atomic mass is 10.1. The van der Waals surface area contributed by atoms with Gasteiger partial charge in [0.1, 0.15) is 0 Å². The molecule has 1 aromatic carbocycles. The lowest BCUT2D eigenvalue weighted by Crippen LogP contribution is -2.31. The molecule has 1 atom stereocenters. The Labute approximate surface area is 99.8 Å². The topological polar surface area (TPSA) is 32.3 Å². The zero-order valence-corrected chi connectivity index (χ0v) is 10.8. The molecule has 0 spiro atoms. The summed E-state index contributed by atoms with van der Waals surface area (Å²) in [7, 11) is 0. The van der Waals surface area contributed by atoms with E-state index in [1.165, 1.54) is 11.1 Å². The number of benzene rings is 1. The fourth-order valence-corrected chi connectivity index (χ4v) is 1.77. The fraction of sp³-hybridized carbons (Fsp3) is 0.500. The summed E-state index contributed by atoms with van der Waals surface area (Å²) in [5.74, 6) is 0. The lowest BCUT2D eigenvalue weighted by Gasteiger charge is -2.14. The van der Waals surface area contributed by atoms with Crippen molar-refractivity contribution in [3.05, 3.63) is 33.8 Å². The van der Waals surface area contributed by atoms with E-state index in [2.05, 4.69) is 53.3 Å². The summed E-state index contributed by atoms with van der Waals surface area (Å²) < 4.78 is 1.14. The number of hydrogen-bond donors (Lipinski definition) is 2. The minimum Gasteiger partial charge on any atom is -0.395 e. The van der Waals surface area contributed by atoms with E-state index in [-0.39, 0.29) is 12.6 Å². The molecule has 0 bridgehead atoms. The van der Waals surface area contributed by atoms with Crippen molar-refractivity contribution < 1.29 is 5.11 Å². The predicted octanol–water partition coefficient (Wildman–Crippen LogP) is 2.62. The summed E-state index contributed by atoms with van der Waals surface area (Å²) in [6.07, 6.45) is 0.948. The number of hydrogen-bond acceptors (Lipinski definition) is 2. The lowest BCUT2D eigenvalue weighted by molar-refractivity contribution is 0.238. The average Bonchev–Trinajstić information content (AvgIpc) is 2.24. The van der Waals surface area contributed by atoms with Crippen molar-refractivity contribution >= 4 is 15.9 Å². The van der Waals surface area contributed by atoms with Crippen molar-refractivity contribution in [2.24, 2.45) is 0 Å². The minimum absolute atomic E-state index is 0.198. The van der Waals surface area contributed by atoms with Gasteiger partial charge in [-0.3, -0.25) is 0 Å². The molecule has 0 saturated carbocycles. The van der Waals surface area contributed by atoms with Crippen LogP contribution >= 0.6 is 15.9 Å². The van der Waals surface area contributed by atoms with E-state index in [1.807, 2.05) is 0 Å². The van der Waals surface area contributed by atoms with Crippen LogP contribution in [0.4, 0.5) is 0 Å². The molecule has 0 heterocycles. The van der Waals surface area contributed by atoms with E-state index < -0.39 is 0 Å². The molecule has 0 aromatic heterocycles. The first-order valence-electron chi connectivity index (χ1n) is 5.26. The van der Waals surface area contributed by atoms with Crippen LogP contribution in [0.5, 0.6) is 0 Å². The van der Waals surface area contributed by atoms with E-state index in [0.717, 1.165) is 17.4 Å². The first kappa shape index (κ1) is 12.7. The average molecular weight is 272 g/mol. The second-order valence-electron chi connectivity index (χ2n) is 3.75. The molecule has 0 radical (unpaired) electrons. The van der Waals surface area contributed by atoms with Crippen LogP contribution in [0, 0.1) is 6.92 Å². The quantitative estimate of drug-likeness (QED) is 0.863. The maximum atomic E-state index is 9.03. The monoisotopic (exact) mass is 271 g/mol. The summed E-state index contributed by atoms with van der Waals surface area (Å²) in [5, 5.41) is 12.3. The predicted molar refractivity (Wildman–Crippen MR) is 66.9 cm³/mol. The van der Waals surface area contributed by atoms with Crippen LogP contribution in [0.2, 0.25) is 0 Å². The Kier molecular flexibility index (Phi) is 5.29. The standard InChI is InChI=1S/C12H18BrNO/c1-3-11(8-15)14-7-10-5-4-9(2)12(13)6-10/h4-6,11,14-15H,3,7-8H2,1-2H3/t11-/m0/s1. The Morgan fingerprint density at radius 3 is 2.73 bits per heavy atom. The van der Waals surface area contributed by atoms with Crippen LogP contribution in [0.25, 0.3) is 0 Å². The third-order valence-electron chi connectivity index (χ3n) is 2.54. The Morgan fingerprint density at radius 1 is 1.47 bits per heavy atom. The molecule has 15 heavy (non-hydrogen) atoms. The first-order chi connectivity index (χ1) is 7.17. The second-order valence-corrected chi connectivity index (χ2v) is 4.61. The summed E-state index contributed by atoms with van der Waals surface area (Å²) >= 11 is 3.51. The molecule has 0 aliphatic rings. The molecule has 84 valence electrons. The molecule has 0 aliphatic carbocycles. The van der Waals surface area contributed by atoms with Gasteiger partial charge in [0.25, 0.3) is 0 Å². The van der Waals surface area contributed by atoms with Crippen LogP contribution < -0.4 is 5.32 Å². The van der Waals surface area contributed by atoms with Gasteiger partial charge in [-0.05, 0) is 30.5 Å². The first-order valence-corrected chi connectivity index (χ1v) is 6.06. The Morgan fingerprint density at radius 2 is 2.20 bits per heavy atom. The van der Waals surface area contributed by atoms with Gasteiger partial charge < -0.3 is 10.4 Å². The van der Waals surface area contributed by atoms with Crippen molar-refractivity contribution in [3.8, 4) is 0 Å². The Bertz CT molecular complexity index is 310. The molecule has 2 N–H and O–H groups in total. The highest BCUT2D eigenvalue weighted by atomic mass is 79.9. The van der Waals surface area contributed by atoms with Crippen LogP contribution in [0.15, 0.2) is 22.7 Å². The SMILES string of the molecule is CC[C@@H](CO)NCc1ccc(C)c(Br)c1. The molecular formula is C12H18BrNO. The van der Waals surface area contributed by atoms with E-state index in [0.29, 0.717) is 0 Å². The van der Waals surface area contributed by atoms with Crippen LogP contribution in [-0.2, 0) is 6.54 Å². The Balaban J connectivity index is 2.54. The van der Waals surface area contributed by atoms with E-state index in [9.17, 15) is 0 Å². The van der Waals surface area contributed by atoms with E-state index in [4.69, 9.17) is 5.11 Å². The molecule has 0 amide bonds. The van der Waals surface area contributed by atoms with Crippen LogP contribution in [0.3, 0.4) is 0 Å². The number of aliphatic hydroxyl groups excluding tert-OH is 1. The van der Waals surface area contributed by atoms with Crippen LogP contribution in [-0.4, -0.2) is 17.8 Å². The normalized spacial score (nSPS) is 12.8. The van der Waals surface area contributed by atoms with Gasteiger partial charge >= 0.3 is 0 Å². The molecule has 0 saturated heterocycles. The summed E-state index contributed by atoms with van der Waals surface area (Å²) in [6.45, 7) is 5.14. The minimum atomic E-state index is 0.198. The van der Waals surface area contributed by atoms with Gasteiger partial charge in [-0.1, -0.05) is 35.0 Å². The largest absolute Gasteiger partial charge is 0.395 e. The van der Waals surface area contributed by atoms with Gasteiger partial charge in [0.2, 0.25) is 0 Å². The van der Waals surface area contributed by atoms with Gasteiger partial charge in [0, 0.05) is 17.1 Å². The number of nitrogens with one attached hydrogen (secondary N) is 1. The van der Waals surface area contributed by atoms with Gasteiger partial charge in [0.05, 0.1) is 6.61 Å². The molecular weight excluding hydrogens is 254 g/mol. The zero-order chi connectivity index (χ0) is 11.3. The molecule has 2 nitrogen and oxygen atoms in total.